The largest absolute Gasteiger partial charge is 0.501 e. The Balaban J connectivity index is 0.000000189. The van der Waals surface area contributed by atoms with Crippen molar-refractivity contribution in [2.45, 2.75) is 57.2 Å². The van der Waals surface area contributed by atoms with E-state index in [0.717, 1.165) is 43.3 Å². The summed E-state index contributed by atoms with van der Waals surface area (Å²) < 4.78 is 47.5. The number of para-hydroxylation sites is 2. The Morgan fingerprint density at radius 2 is 1.51 bits per heavy atom. The molecule has 2 aromatic heterocycles. The minimum Gasteiger partial charge on any atom is -0.501 e. The van der Waals surface area contributed by atoms with Crippen LogP contribution in [0.3, 0.4) is 0 Å². The number of aliphatic imine (C=N–C) groups is 1. The number of aryl methyl sites for hydroxylation is 1. The van der Waals surface area contributed by atoms with Crippen LogP contribution < -0.4 is 4.40 Å². The van der Waals surface area contributed by atoms with Gasteiger partial charge in [0.2, 0.25) is 0 Å². The molecular formula is C56H50GeIrN2O-2. The molecule has 1 aliphatic rings. The molecule has 10 rings (SSSR count). The van der Waals surface area contributed by atoms with Gasteiger partial charge in [-0.15, -0.1) is 18.2 Å². The van der Waals surface area contributed by atoms with Gasteiger partial charge in [-0.3, -0.25) is 4.99 Å². The van der Waals surface area contributed by atoms with Crippen molar-refractivity contribution in [3.8, 4) is 22.4 Å². The summed E-state index contributed by atoms with van der Waals surface area (Å²) in [5.74, 6) is 6.67. The molecule has 5 heteroatoms. The van der Waals surface area contributed by atoms with Crippen LogP contribution in [0.15, 0.2) is 167 Å². The van der Waals surface area contributed by atoms with Gasteiger partial charge in [0.05, 0.1) is 11.3 Å². The Morgan fingerprint density at radius 3 is 2.28 bits per heavy atom. The Labute approximate surface area is 383 Å². The molecule has 0 saturated heterocycles. The third-order valence-corrected chi connectivity index (χ3v) is 15.2. The fraction of sp³-hybridized carbons (Fsp3) is 0.179. The van der Waals surface area contributed by atoms with Crippen LogP contribution in [0.2, 0.25) is 17.3 Å². The van der Waals surface area contributed by atoms with Crippen LogP contribution in [0.1, 0.15) is 61.4 Å². The molecule has 61 heavy (non-hydrogen) atoms. The number of benzene rings is 7. The number of rotatable bonds is 6. The van der Waals surface area contributed by atoms with E-state index in [9.17, 15) is 0 Å². The zero-order valence-corrected chi connectivity index (χ0v) is 39.7. The molecular weight excluding hydrogens is 981 g/mol. The predicted octanol–water partition coefficient (Wildman–Crippen LogP) is 14.5. The van der Waals surface area contributed by atoms with E-state index in [2.05, 4.69) is 144 Å². The monoisotopic (exact) mass is 1040 g/mol. The first-order valence-corrected chi connectivity index (χ1v) is 27.9. The molecule has 1 unspecified atom stereocenters. The molecule has 0 aliphatic carbocycles. The molecule has 1 radical (unpaired) electrons. The molecule has 0 saturated carbocycles. The molecule has 9 aromatic rings. The Kier molecular flexibility index (Phi) is 10.2. The summed E-state index contributed by atoms with van der Waals surface area (Å²) >= 11 is -2.36. The van der Waals surface area contributed by atoms with Gasteiger partial charge in [0.15, 0.2) is 0 Å². The summed E-state index contributed by atoms with van der Waals surface area (Å²) in [6.07, 6.45) is 0.303. The minimum atomic E-state index is -2.36. The standard InChI is InChI=1S/C36H22NO.C20H28GeN.Ir/c1-2-10-23(11-3-1)25-21-20-24-12-8-15-27(31(24)22-25)34-29-14-4-6-18-32(29)37-35(34)30-17-9-16-28-26-13-5-7-19-33(26)38-36(28)30;1-15-8-10-16(11-9-15)19-12-17(13-20(2,3)4)18(14-22-19)21(5,6)7;/h1-16,18-22,34H;8-10,12,14H,13H2,1-7H3;/q2*-1;/i;1D3,13D2;. The van der Waals surface area contributed by atoms with Crippen molar-refractivity contribution >= 4 is 61.8 Å². The van der Waals surface area contributed by atoms with Crippen LogP contribution in [0.25, 0.3) is 55.1 Å². The van der Waals surface area contributed by atoms with Gasteiger partial charge in [0.25, 0.3) is 0 Å². The number of pyridine rings is 1. The maximum Gasteiger partial charge on any atom is 0.120 e. The molecule has 0 N–H and O–H groups in total. The molecule has 3 heterocycles. The van der Waals surface area contributed by atoms with E-state index in [4.69, 9.17) is 16.3 Å². The average Bonchev–Trinajstić information content (AvgIpc) is 3.87. The normalized spacial score (nSPS) is 15.3. The quantitative estimate of drug-likeness (QED) is 0.123. The van der Waals surface area contributed by atoms with E-state index in [0.29, 0.717) is 16.8 Å². The number of fused-ring (bicyclic) bond motifs is 5. The second-order valence-electron chi connectivity index (χ2n) is 17.6. The first-order chi connectivity index (χ1) is 30.9. The third kappa shape index (κ3) is 8.73. The predicted molar refractivity (Wildman–Crippen MR) is 256 cm³/mol. The van der Waals surface area contributed by atoms with Crippen molar-refractivity contribution in [3.05, 3.63) is 198 Å². The zero-order valence-electron chi connectivity index (χ0n) is 40.2. The summed E-state index contributed by atoms with van der Waals surface area (Å²) in [7, 11) is 0. The van der Waals surface area contributed by atoms with E-state index in [1.807, 2.05) is 51.2 Å². The van der Waals surface area contributed by atoms with Crippen molar-refractivity contribution in [3.63, 3.8) is 0 Å². The Hall–Kier alpha value is -5.39. The molecule has 3 nitrogen and oxygen atoms in total. The van der Waals surface area contributed by atoms with E-state index in [1.54, 1.807) is 12.1 Å². The van der Waals surface area contributed by atoms with Crippen molar-refractivity contribution in [1.29, 1.82) is 0 Å². The summed E-state index contributed by atoms with van der Waals surface area (Å²) in [5.41, 5.74) is 11.2. The van der Waals surface area contributed by atoms with Crippen LogP contribution >= 0.6 is 0 Å². The van der Waals surface area contributed by atoms with Crippen LogP contribution in [0.4, 0.5) is 5.69 Å². The minimum absolute atomic E-state index is 0. The SMILES string of the molecule is [2H]C([2H])([2H])c1c[c-]c(-c2cc(C([2H])([2H])C(C)(C)C)[c]([Ge]([CH3])([CH3])[CH3])cn2)cc1.[Ir].[c-]1ccc2c(oc3ccccc32)c1C1=Nc2ccccc2C1c1cccc2ccc(-c3ccccc3)cc12. The van der Waals surface area contributed by atoms with Crippen LogP contribution in [-0.2, 0) is 26.5 Å². The zero-order chi connectivity index (χ0) is 45.9. The molecule has 1 aliphatic heterocycles. The van der Waals surface area contributed by atoms with E-state index in [1.165, 1.54) is 39.1 Å². The van der Waals surface area contributed by atoms with Crippen LogP contribution in [0, 0.1) is 24.4 Å². The number of furan rings is 1. The summed E-state index contributed by atoms with van der Waals surface area (Å²) in [5, 5.41) is 4.66. The van der Waals surface area contributed by atoms with Gasteiger partial charge < -0.3 is 4.42 Å². The molecule has 0 bridgehead atoms. The maximum atomic E-state index is 8.80. The molecule has 305 valence electrons. The molecule has 7 aromatic carbocycles. The molecule has 0 spiro atoms. The first kappa shape index (κ1) is 36.3. The van der Waals surface area contributed by atoms with Gasteiger partial charge in [-0.25, -0.2) is 0 Å². The van der Waals surface area contributed by atoms with Crippen LogP contribution in [0.5, 0.6) is 0 Å². The Morgan fingerprint density at radius 1 is 0.738 bits per heavy atom. The number of nitrogens with zero attached hydrogens (tertiary/aromatic N) is 2. The topological polar surface area (TPSA) is 38.4 Å². The average molecular weight is 1040 g/mol. The van der Waals surface area contributed by atoms with E-state index < -0.39 is 31.9 Å². The van der Waals surface area contributed by atoms with Gasteiger partial charge in [0, 0.05) is 31.4 Å². The second-order valence-corrected chi connectivity index (χ2v) is 28.1. The smallest absolute Gasteiger partial charge is 0.120 e. The maximum absolute atomic E-state index is 8.80. The van der Waals surface area contributed by atoms with Crippen molar-refractivity contribution < 1.29 is 31.4 Å². The van der Waals surface area contributed by atoms with Gasteiger partial charge in [-0.05, 0) is 56.9 Å². The Bertz CT molecular complexity index is 3260. The summed E-state index contributed by atoms with van der Waals surface area (Å²) in [6.45, 7) is 3.55. The third-order valence-electron chi connectivity index (χ3n) is 11.0. The number of aromatic nitrogens is 1. The van der Waals surface area contributed by atoms with E-state index in [-0.39, 0.29) is 31.6 Å². The summed E-state index contributed by atoms with van der Waals surface area (Å²) in [6, 6.07) is 57.8. The molecule has 0 amide bonds. The van der Waals surface area contributed by atoms with Crippen molar-refractivity contribution in [1.82, 2.24) is 4.98 Å². The second kappa shape index (κ2) is 17.2. The fourth-order valence-corrected chi connectivity index (χ4v) is 11.1. The first-order valence-electron chi connectivity index (χ1n) is 23.0. The number of hydrogen-bond acceptors (Lipinski definition) is 3. The molecule has 0 fully saturated rings. The van der Waals surface area contributed by atoms with Crippen molar-refractivity contribution in [2.75, 3.05) is 0 Å². The molecule has 1 atom stereocenters. The van der Waals surface area contributed by atoms with Gasteiger partial charge in [-0.1, -0.05) is 108 Å². The summed E-state index contributed by atoms with van der Waals surface area (Å²) in [4.78, 5) is 9.78. The fourth-order valence-electron chi connectivity index (χ4n) is 8.22. The van der Waals surface area contributed by atoms with Gasteiger partial charge >= 0.3 is 145 Å². The van der Waals surface area contributed by atoms with E-state index >= 15 is 0 Å². The van der Waals surface area contributed by atoms with Gasteiger partial charge in [-0.2, -0.15) is 0 Å². The van der Waals surface area contributed by atoms with Crippen molar-refractivity contribution in [2.24, 2.45) is 10.4 Å². The van der Waals surface area contributed by atoms with Gasteiger partial charge in [0.1, 0.15) is 5.58 Å². The van der Waals surface area contributed by atoms with Crippen LogP contribution in [-0.4, -0.2) is 24.0 Å². The number of hydrogen-bond donors (Lipinski definition) is 0.